The fourth-order valence-corrected chi connectivity index (χ4v) is 1.92. The van der Waals surface area contributed by atoms with Crippen LogP contribution in [0.2, 0.25) is 0 Å². The first-order valence-electron chi connectivity index (χ1n) is 6.02. The van der Waals surface area contributed by atoms with E-state index >= 15 is 0 Å². The van der Waals surface area contributed by atoms with Crippen LogP contribution < -0.4 is 10.6 Å². The van der Waals surface area contributed by atoms with E-state index in [1.807, 2.05) is 13.0 Å². The topological polar surface area (TPSA) is 66.0 Å². The number of pyridine rings is 1. The van der Waals surface area contributed by atoms with Gasteiger partial charge >= 0.3 is 0 Å². The van der Waals surface area contributed by atoms with Gasteiger partial charge < -0.3 is 10.6 Å². The smallest absolute Gasteiger partial charge is 0.139 e. The first-order chi connectivity index (χ1) is 7.97. The number of amidine groups is 1. The number of nitrogen functional groups attached to an aromatic ring is 1. The number of rotatable bonds is 5. The van der Waals surface area contributed by atoms with Gasteiger partial charge in [0.05, 0.1) is 5.56 Å². The normalized spacial score (nSPS) is 10.6. The Kier molecular flexibility index (Phi) is 4.49. The van der Waals surface area contributed by atoms with Crippen LogP contribution in [0.1, 0.15) is 31.9 Å². The second-order valence-corrected chi connectivity index (χ2v) is 4.67. The zero-order valence-corrected chi connectivity index (χ0v) is 11.1. The highest BCUT2D eigenvalue weighted by molar-refractivity contribution is 6.00. The van der Waals surface area contributed by atoms with Crippen molar-refractivity contribution in [3.8, 4) is 0 Å². The van der Waals surface area contributed by atoms with E-state index < -0.39 is 0 Å². The van der Waals surface area contributed by atoms with Crippen LogP contribution in [-0.2, 0) is 0 Å². The minimum atomic E-state index is 0.0906. The number of nitrogens with one attached hydrogen (secondary N) is 1. The Bertz CT molecular complexity index is 398. The van der Waals surface area contributed by atoms with Crippen molar-refractivity contribution >= 4 is 11.7 Å². The molecule has 1 rings (SSSR count). The largest absolute Gasteiger partial charge is 0.384 e. The molecule has 0 fully saturated rings. The number of nitrogens with two attached hydrogens (primary N) is 1. The zero-order chi connectivity index (χ0) is 13.0. The Balaban J connectivity index is 3.18. The van der Waals surface area contributed by atoms with Gasteiger partial charge in [-0.1, -0.05) is 13.8 Å². The minimum absolute atomic E-state index is 0.0906. The Morgan fingerprint density at radius 1 is 1.53 bits per heavy atom. The lowest BCUT2D eigenvalue weighted by Crippen LogP contribution is -2.31. The van der Waals surface area contributed by atoms with Gasteiger partial charge in [-0.2, -0.15) is 0 Å². The second kappa shape index (κ2) is 5.66. The van der Waals surface area contributed by atoms with Gasteiger partial charge in [0.1, 0.15) is 11.7 Å². The maximum absolute atomic E-state index is 7.68. The van der Waals surface area contributed by atoms with E-state index in [1.165, 1.54) is 0 Å². The number of aryl methyl sites for hydroxylation is 1. The molecule has 0 bridgehead atoms. The molecule has 0 aliphatic carbocycles. The molecule has 1 aromatic heterocycles. The van der Waals surface area contributed by atoms with Crippen LogP contribution >= 0.6 is 0 Å². The van der Waals surface area contributed by atoms with Crippen LogP contribution in [0.25, 0.3) is 0 Å². The number of aromatic nitrogens is 1. The number of anilines is 1. The third-order valence-corrected chi connectivity index (χ3v) is 2.68. The summed E-state index contributed by atoms with van der Waals surface area (Å²) in [4.78, 5) is 6.57. The van der Waals surface area contributed by atoms with Crippen molar-refractivity contribution in [2.24, 2.45) is 11.7 Å². The van der Waals surface area contributed by atoms with E-state index in [0.29, 0.717) is 5.92 Å². The first-order valence-corrected chi connectivity index (χ1v) is 6.02. The summed E-state index contributed by atoms with van der Waals surface area (Å²) in [6.07, 6.45) is 1.78. The highest BCUT2D eigenvalue weighted by Gasteiger charge is 2.16. The lowest BCUT2D eigenvalue weighted by atomic mass is 10.1. The van der Waals surface area contributed by atoms with Crippen LogP contribution in [0.3, 0.4) is 0 Å². The molecule has 3 N–H and O–H groups in total. The van der Waals surface area contributed by atoms with Crippen molar-refractivity contribution < 1.29 is 0 Å². The Hall–Kier alpha value is -1.58. The molecule has 0 atom stereocenters. The fourth-order valence-electron chi connectivity index (χ4n) is 1.92. The summed E-state index contributed by atoms with van der Waals surface area (Å²) in [5, 5.41) is 7.68. The van der Waals surface area contributed by atoms with E-state index in [1.54, 1.807) is 6.20 Å². The van der Waals surface area contributed by atoms with Gasteiger partial charge in [0.25, 0.3) is 0 Å². The highest BCUT2D eigenvalue weighted by Crippen LogP contribution is 2.21. The molecule has 0 aromatic carbocycles. The Morgan fingerprint density at radius 2 is 2.18 bits per heavy atom. The van der Waals surface area contributed by atoms with E-state index in [0.717, 1.165) is 30.0 Å². The predicted molar refractivity (Wildman–Crippen MR) is 72.7 cm³/mol. The molecule has 1 aromatic rings. The summed E-state index contributed by atoms with van der Waals surface area (Å²) in [6, 6.07) is 1.89. The number of nitrogens with zero attached hydrogens (tertiary/aromatic N) is 2. The molecule has 1 heterocycles. The molecule has 17 heavy (non-hydrogen) atoms. The molecule has 0 aliphatic rings. The lowest BCUT2D eigenvalue weighted by Gasteiger charge is -2.26. The maximum Gasteiger partial charge on any atom is 0.139 e. The zero-order valence-electron chi connectivity index (χ0n) is 11.1. The van der Waals surface area contributed by atoms with Gasteiger partial charge in [-0.25, -0.2) is 4.98 Å². The van der Waals surface area contributed by atoms with Crippen molar-refractivity contribution in [2.45, 2.75) is 27.7 Å². The predicted octanol–water partition coefficient (Wildman–Crippen LogP) is 2.16. The molecule has 0 amide bonds. The van der Waals surface area contributed by atoms with Crippen molar-refractivity contribution in [1.82, 2.24) is 4.98 Å². The summed E-state index contributed by atoms with van der Waals surface area (Å²) in [5.74, 6) is 1.47. The van der Waals surface area contributed by atoms with Crippen LogP contribution in [-0.4, -0.2) is 23.9 Å². The summed E-state index contributed by atoms with van der Waals surface area (Å²) < 4.78 is 0. The number of hydrogen-bond acceptors (Lipinski definition) is 3. The number of hydrogen-bond donors (Lipinski definition) is 2. The molecule has 94 valence electrons. The van der Waals surface area contributed by atoms with Crippen LogP contribution in [0.4, 0.5) is 5.82 Å². The first kappa shape index (κ1) is 13.5. The second-order valence-electron chi connectivity index (χ2n) is 4.67. The molecule has 0 saturated carbocycles. The van der Waals surface area contributed by atoms with Crippen LogP contribution in [0.15, 0.2) is 12.3 Å². The summed E-state index contributed by atoms with van der Waals surface area (Å²) in [6.45, 7) is 10.2. The summed E-state index contributed by atoms with van der Waals surface area (Å²) >= 11 is 0. The van der Waals surface area contributed by atoms with Gasteiger partial charge in [-0.15, -0.1) is 0 Å². The molecule has 0 radical (unpaired) electrons. The van der Waals surface area contributed by atoms with E-state index in [4.69, 9.17) is 11.1 Å². The third kappa shape index (κ3) is 3.19. The molecule has 4 nitrogen and oxygen atoms in total. The van der Waals surface area contributed by atoms with Crippen molar-refractivity contribution in [3.63, 3.8) is 0 Å². The molecule has 0 aliphatic heterocycles. The van der Waals surface area contributed by atoms with E-state index in [2.05, 4.69) is 30.7 Å². The van der Waals surface area contributed by atoms with E-state index in [9.17, 15) is 0 Å². The van der Waals surface area contributed by atoms with Gasteiger partial charge in [-0.05, 0) is 31.4 Å². The van der Waals surface area contributed by atoms with Crippen LogP contribution in [0, 0.1) is 18.3 Å². The maximum atomic E-state index is 7.68. The molecule has 0 spiro atoms. The monoisotopic (exact) mass is 234 g/mol. The van der Waals surface area contributed by atoms with Crippen LogP contribution in [0.5, 0.6) is 0 Å². The average molecular weight is 234 g/mol. The average Bonchev–Trinajstić information content (AvgIpc) is 2.24. The molecule has 0 saturated heterocycles. The van der Waals surface area contributed by atoms with Gasteiger partial charge in [0, 0.05) is 19.3 Å². The minimum Gasteiger partial charge on any atom is -0.384 e. The van der Waals surface area contributed by atoms with Gasteiger partial charge in [0.2, 0.25) is 0 Å². The van der Waals surface area contributed by atoms with Crippen molar-refractivity contribution in [2.75, 3.05) is 18.0 Å². The highest BCUT2D eigenvalue weighted by atomic mass is 15.2. The summed E-state index contributed by atoms with van der Waals surface area (Å²) in [5.41, 5.74) is 7.42. The van der Waals surface area contributed by atoms with E-state index in [-0.39, 0.29) is 5.84 Å². The molecular formula is C13H22N4. The van der Waals surface area contributed by atoms with Gasteiger partial charge in [-0.3, -0.25) is 5.41 Å². The van der Waals surface area contributed by atoms with Gasteiger partial charge in [0.15, 0.2) is 0 Å². The lowest BCUT2D eigenvalue weighted by molar-refractivity contribution is 0.614. The molecule has 4 heteroatoms. The van der Waals surface area contributed by atoms with Crippen molar-refractivity contribution in [1.29, 1.82) is 5.41 Å². The Labute approximate surface area is 103 Å². The third-order valence-electron chi connectivity index (χ3n) is 2.68. The summed E-state index contributed by atoms with van der Waals surface area (Å²) in [7, 11) is 0. The van der Waals surface area contributed by atoms with Crippen molar-refractivity contribution in [3.05, 3.63) is 23.4 Å². The standard InChI is InChI=1S/C13H22N4/c1-5-17(8-9(2)3)13-11(12(14)15)10(4)6-7-16-13/h6-7,9H,5,8H2,1-4H3,(H3,14,15). The SMILES string of the molecule is CCN(CC(C)C)c1nccc(C)c1C(=N)N. The quantitative estimate of drug-likeness (QED) is 0.606. The fraction of sp³-hybridized carbons (Fsp3) is 0.538. The molecular weight excluding hydrogens is 212 g/mol. The Morgan fingerprint density at radius 3 is 2.65 bits per heavy atom. The molecule has 0 unspecified atom stereocenters.